The fraction of sp³-hybridized carbons (Fsp3) is 0.846. The Balaban J connectivity index is 2.58. The first-order valence-electron chi connectivity index (χ1n) is 6.65. The number of likely N-dealkylation sites (tertiary alicyclic amines) is 1. The van der Waals surface area contributed by atoms with Gasteiger partial charge in [0.25, 0.3) is 0 Å². The number of carbonyl (C=O) groups excluding carboxylic acids is 2. The van der Waals surface area contributed by atoms with E-state index in [1.54, 1.807) is 0 Å². The van der Waals surface area contributed by atoms with Crippen molar-refractivity contribution >= 4 is 11.8 Å². The van der Waals surface area contributed by atoms with Crippen molar-refractivity contribution in [1.29, 1.82) is 0 Å². The number of imide groups is 1. The molecule has 0 spiro atoms. The third-order valence-electron chi connectivity index (χ3n) is 3.18. The van der Waals surface area contributed by atoms with Crippen LogP contribution < -0.4 is 5.32 Å². The van der Waals surface area contributed by atoms with Crippen molar-refractivity contribution in [2.75, 3.05) is 13.1 Å². The second-order valence-electron chi connectivity index (χ2n) is 4.95. The number of hydrogen-bond donors (Lipinski definition) is 1. The lowest BCUT2D eigenvalue weighted by Crippen LogP contribution is -2.49. The summed E-state index contributed by atoms with van der Waals surface area (Å²) in [6.07, 6.45) is 3.08. The van der Waals surface area contributed by atoms with Gasteiger partial charge in [-0.05, 0) is 18.9 Å². The van der Waals surface area contributed by atoms with Crippen molar-refractivity contribution in [3.05, 3.63) is 0 Å². The van der Waals surface area contributed by atoms with E-state index in [9.17, 15) is 9.59 Å². The van der Waals surface area contributed by atoms with Crippen molar-refractivity contribution in [2.45, 2.75) is 52.5 Å². The molecule has 0 aromatic rings. The van der Waals surface area contributed by atoms with E-state index in [0.717, 1.165) is 19.4 Å². The average molecular weight is 240 g/mol. The largest absolute Gasteiger partial charge is 0.312 e. The zero-order valence-corrected chi connectivity index (χ0v) is 11.2. The molecule has 1 N–H and O–H groups in total. The Hall–Kier alpha value is -0.900. The molecule has 1 saturated heterocycles. The van der Waals surface area contributed by atoms with Gasteiger partial charge in [0.2, 0.25) is 11.8 Å². The molecule has 0 aromatic heterocycles. The van der Waals surface area contributed by atoms with E-state index < -0.39 is 0 Å². The second kappa shape index (κ2) is 6.74. The third-order valence-corrected chi connectivity index (χ3v) is 3.18. The first kappa shape index (κ1) is 14.2. The highest BCUT2D eigenvalue weighted by Gasteiger charge is 2.31. The van der Waals surface area contributed by atoms with Crippen molar-refractivity contribution < 1.29 is 9.59 Å². The fourth-order valence-electron chi connectivity index (χ4n) is 2.35. The van der Waals surface area contributed by atoms with Crippen LogP contribution in [0.1, 0.15) is 46.5 Å². The first-order valence-corrected chi connectivity index (χ1v) is 6.65. The topological polar surface area (TPSA) is 49.4 Å². The van der Waals surface area contributed by atoms with Crippen molar-refractivity contribution in [3.8, 4) is 0 Å². The van der Waals surface area contributed by atoms with Crippen LogP contribution in [0.4, 0.5) is 0 Å². The van der Waals surface area contributed by atoms with Gasteiger partial charge in [-0.2, -0.15) is 0 Å². The van der Waals surface area contributed by atoms with Crippen LogP contribution in [0.2, 0.25) is 0 Å². The molecule has 17 heavy (non-hydrogen) atoms. The normalized spacial score (nSPS) is 19.8. The molecule has 2 amide bonds. The van der Waals surface area contributed by atoms with E-state index in [1.807, 2.05) is 13.8 Å². The van der Waals surface area contributed by atoms with Crippen molar-refractivity contribution in [3.63, 3.8) is 0 Å². The molecule has 1 aliphatic heterocycles. The van der Waals surface area contributed by atoms with Gasteiger partial charge in [0.1, 0.15) is 0 Å². The molecule has 1 rings (SSSR count). The summed E-state index contributed by atoms with van der Waals surface area (Å²) < 4.78 is 0. The molecule has 0 aliphatic carbocycles. The summed E-state index contributed by atoms with van der Waals surface area (Å²) >= 11 is 0. The summed E-state index contributed by atoms with van der Waals surface area (Å²) in [5.74, 6) is 0.190. The van der Waals surface area contributed by atoms with Crippen LogP contribution in [0.3, 0.4) is 0 Å². The smallest absolute Gasteiger partial charge is 0.229 e. The fourth-order valence-corrected chi connectivity index (χ4v) is 2.35. The summed E-state index contributed by atoms with van der Waals surface area (Å²) in [7, 11) is 0. The molecular weight excluding hydrogens is 216 g/mol. The van der Waals surface area contributed by atoms with Gasteiger partial charge in [0.15, 0.2) is 0 Å². The monoisotopic (exact) mass is 240 g/mol. The van der Waals surface area contributed by atoms with E-state index >= 15 is 0 Å². The quantitative estimate of drug-likeness (QED) is 0.717. The van der Waals surface area contributed by atoms with Crippen LogP contribution in [0.15, 0.2) is 0 Å². The third kappa shape index (κ3) is 4.11. The average Bonchev–Trinajstić information content (AvgIpc) is 2.23. The molecular formula is C13H24N2O2. The molecule has 1 heterocycles. The van der Waals surface area contributed by atoms with Crippen LogP contribution in [0, 0.1) is 5.92 Å². The summed E-state index contributed by atoms with van der Waals surface area (Å²) in [5, 5.41) is 3.34. The Labute approximate surface area is 104 Å². The minimum Gasteiger partial charge on any atom is -0.312 e. The van der Waals surface area contributed by atoms with Gasteiger partial charge in [-0.15, -0.1) is 0 Å². The molecule has 0 bridgehead atoms. The molecule has 4 nitrogen and oxygen atoms in total. The molecule has 0 saturated carbocycles. The van der Waals surface area contributed by atoms with Crippen molar-refractivity contribution in [1.82, 2.24) is 10.2 Å². The Morgan fingerprint density at radius 1 is 1.29 bits per heavy atom. The van der Waals surface area contributed by atoms with Crippen molar-refractivity contribution in [2.24, 2.45) is 5.92 Å². The van der Waals surface area contributed by atoms with Gasteiger partial charge >= 0.3 is 0 Å². The van der Waals surface area contributed by atoms with E-state index in [-0.39, 0.29) is 23.8 Å². The van der Waals surface area contributed by atoms with Crippen LogP contribution in [-0.4, -0.2) is 35.8 Å². The van der Waals surface area contributed by atoms with Gasteiger partial charge in [0.05, 0.1) is 0 Å². The molecule has 1 aliphatic rings. The highest BCUT2D eigenvalue weighted by Crippen LogP contribution is 2.19. The predicted molar refractivity (Wildman–Crippen MR) is 67.5 cm³/mol. The Bertz CT molecular complexity index is 255. The highest BCUT2D eigenvalue weighted by molar-refractivity contribution is 5.97. The predicted octanol–water partition coefficient (Wildman–Crippen LogP) is 1.55. The van der Waals surface area contributed by atoms with E-state index in [1.165, 1.54) is 4.90 Å². The Morgan fingerprint density at radius 2 is 1.88 bits per heavy atom. The Kier molecular flexibility index (Phi) is 5.62. The lowest BCUT2D eigenvalue weighted by atomic mass is 9.97. The molecule has 0 radical (unpaired) electrons. The number of nitrogens with zero attached hydrogens (tertiary/aromatic N) is 1. The van der Waals surface area contributed by atoms with Gasteiger partial charge in [-0.1, -0.05) is 27.2 Å². The summed E-state index contributed by atoms with van der Waals surface area (Å²) in [6.45, 7) is 7.53. The number of likely N-dealkylation sites (N-methyl/N-ethyl adjacent to an activating group) is 1. The maximum Gasteiger partial charge on any atom is 0.229 e. The second-order valence-corrected chi connectivity index (χ2v) is 4.95. The van der Waals surface area contributed by atoms with Gasteiger partial charge in [-0.3, -0.25) is 14.5 Å². The zero-order chi connectivity index (χ0) is 12.8. The van der Waals surface area contributed by atoms with Crippen LogP contribution >= 0.6 is 0 Å². The molecule has 98 valence electrons. The number of piperidine rings is 1. The van der Waals surface area contributed by atoms with Crippen LogP contribution in [0.25, 0.3) is 0 Å². The summed E-state index contributed by atoms with van der Waals surface area (Å²) in [6, 6.07) is 0.242. The highest BCUT2D eigenvalue weighted by atomic mass is 16.2. The zero-order valence-electron chi connectivity index (χ0n) is 11.2. The maximum atomic E-state index is 11.8. The van der Waals surface area contributed by atoms with E-state index in [0.29, 0.717) is 19.4 Å². The van der Waals surface area contributed by atoms with Crippen LogP contribution in [-0.2, 0) is 9.59 Å². The minimum absolute atomic E-state index is 0.00671. The SMILES string of the molecule is CCCC(CN1C(=O)CC(C)CC1=O)NCC. The first-order chi connectivity index (χ1) is 8.08. The molecule has 4 heteroatoms. The van der Waals surface area contributed by atoms with E-state index in [2.05, 4.69) is 12.2 Å². The molecule has 1 atom stereocenters. The molecule has 1 unspecified atom stereocenters. The summed E-state index contributed by atoms with van der Waals surface area (Å²) in [5.41, 5.74) is 0. The van der Waals surface area contributed by atoms with Gasteiger partial charge < -0.3 is 5.32 Å². The van der Waals surface area contributed by atoms with Gasteiger partial charge in [-0.25, -0.2) is 0 Å². The summed E-state index contributed by atoms with van der Waals surface area (Å²) in [4.78, 5) is 25.1. The number of carbonyl (C=O) groups is 2. The minimum atomic E-state index is -0.00671. The number of amides is 2. The van der Waals surface area contributed by atoms with E-state index in [4.69, 9.17) is 0 Å². The lowest BCUT2D eigenvalue weighted by Gasteiger charge is -2.31. The Morgan fingerprint density at radius 3 is 2.35 bits per heavy atom. The van der Waals surface area contributed by atoms with Crippen LogP contribution in [0.5, 0.6) is 0 Å². The number of rotatable bonds is 6. The molecule has 1 fully saturated rings. The maximum absolute atomic E-state index is 11.8. The standard InChI is InChI=1S/C13H24N2O2/c1-4-6-11(14-5-2)9-15-12(16)7-10(3)8-13(15)17/h10-11,14H,4-9H2,1-3H3. The number of nitrogens with one attached hydrogen (secondary N) is 1. The lowest BCUT2D eigenvalue weighted by molar-refractivity contribution is -0.150. The van der Waals surface area contributed by atoms with Gasteiger partial charge in [0, 0.05) is 25.4 Å². The number of hydrogen-bond acceptors (Lipinski definition) is 3. The molecule has 0 aromatic carbocycles.